The molecule has 0 spiro atoms. The molecule has 5 nitrogen and oxygen atoms in total. The molecule has 1 fully saturated rings. The van der Waals surface area contributed by atoms with Crippen LogP contribution in [-0.4, -0.2) is 46.1 Å². The maximum atomic E-state index is 13.0. The molecule has 1 saturated heterocycles. The van der Waals surface area contributed by atoms with Crippen molar-refractivity contribution in [3.05, 3.63) is 42.5 Å². The van der Waals surface area contributed by atoms with Gasteiger partial charge in [-0.15, -0.1) is 0 Å². The summed E-state index contributed by atoms with van der Waals surface area (Å²) in [5, 5.41) is 2.90. The van der Waals surface area contributed by atoms with Crippen molar-refractivity contribution in [3.63, 3.8) is 0 Å². The fraction of sp³-hybridized carbons (Fsp3) is 0.389. The number of hydrogen-bond acceptors (Lipinski definition) is 4. The highest BCUT2D eigenvalue weighted by molar-refractivity contribution is 5.84. The van der Waals surface area contributed by atoms with Crippen LogP contribution in [0.15, 0.2) is 36.7 Å². The molecule has 0 radical (unpaired) electrons. The van der Waals surface area contributed by atoms with E-state index < -0.39 is 24.0 Å². The number of carbonyl (C=O) groups excluding carboxylic acids is 1. The summed E-state index contributed by atoms with van der Waals surface area (Å²) in [5.41, 5.74) is 1.21. The molecule has 1 aliphatic rings. The van der Waals surface area contributed by atoms with E-state index in [0.717, 1.165) is 0 Å². The van der Waals surface area contributed by atoms with Crippen LogP contribution in [0, 0.1) is 11.7 Å². The van der Waals surface area contributed by atoms with Gasteiger partial charge < -0.3 is 10.2 Å². The number of alkyl halides is 3. The SMILES string of the molecule is C[C@@H](Nc1cc(-c2ccc(F)cc2)ncn1)C(=O)N1CC[C@@H](C(F)(F)F)C1. The predicted molar refractivity (Wildman–Crippen MR) is 91.3 cm³/mol. The van der Waals surface area contributed by atoms with E-state index in [9.17, 15) is 22.4 Å². The third-order valence-electron chi connectivity index (χ3n) is 4.50. The largest absolute Gasteiger partial charge is 0.393 e. The highest BCUT2D eigenvalue weighted by Gasteiger charge is 2.45. The lowest BCUT2D eigenvalue weighted by Crippen LogP contribution is -2.41. The number of carbonyl (C=O) groups is 1. The number of amides is 1. The van der Waals surface area contributed by atoms with E-state index in [0.29, 0.717) is 17.1 Å². The van der Waals surface area contributed by atoms with Gasteiger partial charge in [0.25, 0.3) is 0 Å². The minimum Gasteiger partial charge on any atom is -0.359 e. The minimum atomic E-state index is -4.29. The van der Waals surface area contributed by atoms with Gasteiger partial charge in [-0.25, -0.2) is 14.4 Å². The number of benzene rings is 1. The lowest BCUT2D eigenvalue weighted by atomic mass is 10.1. The van der Waals surface area contributed by atoms with Crippen LogP contribution in [0.4, 0.5) is 23.4 Å². The number of nitrogens with one attached hydrogen (secondary N) is 1. The molecule has 0 aliphatic carbocycles. The van der Waals surface area contributed by atoms with Crippen LogP contribution in [-0.2, 0) is 4.79 Å². The van der Waals surface area contributed by atoms with Gasteiger partial charge in [0.1, 0.15) is 24.0 Å². The van der Waals surface area contributed by atoms with Gasteiger partial charge in [-0.3, -0.25) is 4.79 Å². The van der Waals surface area contributed by atoms with Crippen molar-refractivity contribution in [2.24, 2.45) is 5.92 Å². The van der Waals surface area contributed by atoms with Crippen molar-refractivity contribution < 1.29 is 22.4 Å². The van der Waals surface area contributed by atoms with Crippen LogP contribution in [0.3, 0.4) is 0 Å². The Kier molecular flexibility index (Phi) is 5.29. The quantitative estimate of drug-likeness (QED) is 0.823. The summed E-state index contributed by atoms with van der Waals surface area (Å²) >= 11 is 0. The summed E-state index contributed by atoms with van der Waals surface area (Å²) in [7, 11) is 0. The van der Waals surface area contributed by atoms with E-state index in [-0.39, 0.29) is 25.3 Å². The third kappa shape index (κ3) is 4.53. The molecule has 0 saturated carbocycles. The lowest BCUT2D eigenvalue weighted by Gasteiger charge is -2.22. The molecular weight excluding hydrogens is 364 g/mol. The van der Waals surface area contributed by atoms with Crippen molar-refractivity contribution in [2.75, 3.05) is 18.4 Å². The molecule has 1 aliphatic heterocycles. The summed E-state index contributed by atoms with van der Waals surface area (Å²) in [4.78, 5) is 21.8. The van der Waals surface area contributed by atoms with E-state index in [1.807, 2.05) is 0 Å². The van der Waals surface area contributed by atoms with Crippen LogP contribution in [0.25, 0.3) is 11.3 Å². The van der Waals surface area contributed by atoms with Gasteiger partial charge in [0.15, 0.2) is 0 Å². The summed E-state index contributed by atoms with van der Waals surface area (Å²) in [5.74, 6) is -1.90. The van der Waals surface area contributed by atoms with Crippen LogP contribution in [0.5, 0.6) is 0 Å². The third-order valence-corrected chi connectivity index (χ3v) is 4.50. The number of hydrogen-bond donors (Lipinski definition) is 1. The summed E-state index contributed by atoms with van der Waals surface area (Å²) < 4.78 is 51.4. The van der Waals surface area contributed by atoms with Crippen molar-refractivity contribution in [1.82, 2.24) is 14.9 Å². The number of likely N-dealkylation sites (tertiary alicyclic amines) is 1. The van der Waals surface area contributed by atoms with Crippen molar-refractivity contribution in [1.29, 1.82) is 0 Å². The van der Waals surface area contributed by atoms with E-state index in [2.05, 4.69) is 15.3 Å². The van der Waals surface area contributed by atoms with Gasteiger partial charge in [-0.1, -0.05) is 0 Å². The molecule has 27 heavy (non-hydrogen) atoms. The molecule has 1 aromatic carbocycles. The smallest absolute Gasteiger partial charge is 0.359 e. The number of aromatic nitrogens is 2. The topological polar surface area (TPSA) is 58.1 Å². The highest BCUT2D eigenvalue weighted by atomic mass is 19.4. The zero-order chi connectivity index (χ0) is 19.6. The van der Waals surface area contributed by atoms with Crippen molar-refractivity contribution in [2.45, 2.75) is 25.6 Å². The fourth-order valence-electron chi connectivity index (χ4n) is 3.00. The van der Waals surface area contributed by atoms with Crippen LogP contribution in [0.2, 0.25) is 0 Å². The molecule has 0 unspecified atom stereocenters. The Morgan fingerprint density at radius 1 is 1.26 bits per heavy atom. The first kappa shape index (κ1) is 19.1. The highest BCUT2D eigenvalue weighted by Crippen LogP contribution is 2.33. The summed E-state index contributed by atoms with van der Waals surface area (Å²) in [6.07, 6.45) is -3.07. The summed E-state index contributed by atoms with van der Waals surface area (Å²) in [6.45, 7) is 1.33. The van der Waals surface area contributed by atoms with Crippen molar-refractivity contribution >= 4 is 11.7 Å². The Morgan fingerprint density at radius 3 is 2.59 bits per heavy atom. The second-order valence-corrected chi connectivity index (χ2v) is 6.47. The standard InChI is InChI=1S/C18H18F4N4O/c1-11(17(27)26-7-6-13(9-26)18(20,21)22)25-16-8-15(23-10-24-16)12-2-4-14(19)5-3-12/h2-5,8,10-11,13H,6-7,9H2,1H3,(H,23,24,25)/t11-,13-/m1/s1. The van der Waals surface area contributed by atoms with E-state index in [1.165, 1.54) is 23.4 Å². The molecule has 1 N–H and O–H groups in total. The number of halogens is 4. The fourth-order valence-corrected chi connectivity index (χ4v) is 3.00. The van der Waals surface area contributed by atoms with E-state index in [4.69, 9.17) is 0 Å². The average molecular weight is 382 g/mol. The Hall–Kier alpha value is -2.71. The molecule has 2 aromatic rings. The zero-order valence-electron chi connectivity index (χ0n) is 14.5. The molecule has 3 rings (SSSR count). The first-order valence-electron chi connectivity index (χ1n) is 8.44. The van der Waals surface area contributed by atoms with Gasteiger partial charge in [-0.2, -0.15) is 13.2 Å². The van der Waals surface area contributed by atoms with Gasteiger partial charge in [0, 0.05) is 24.7 Å². The van der Waals surface area contributed by atoms with Gasteiger partial charge in [-0.05, 0) is 37.6 Å². The molecule has 2 atom stereocenters. The second-order valence-electron chi connectivity index (χ2n) is 6.47. The Balaban J connectivity index is 1.66. The molecular formula is C18H18F4N4O. The molecule has 1 amide bonds. The van der Waals surface area contributed by atoms with E-state index >= 15 is 0 Å². The maximum absolute atomic E-state index is 13.0. The normalized spacial score (nSPS) is 18.4. The molecule has 2 heterocycles. The zero-order valence-corrected chi connectivity index (χ0v) is 14.5. The van der Waals surface area contributed by atoms with Gasteiger partial charge in [0.2, 0.25) is 5.91 Å². The van der Waals surface area contributed by atoms with Crippen LogP contribution >= 0.6 is 0 Å². The number of anilines is 1. The molecule has 9 heteroatoms. The first-order valence-corrected chi connectivity index (χ1v) is 8.44. The van der Waals surface area contributed by atoms with Crippen molar-refractivity contribution in [3.8, 4) is 11.3 Å². The number of nitrogens with zero attached hydrogens (tertiary/aromatic N) is 3. The summed E-state index contributed by atoms with van der Waals surface area (Å²) in [6, 6.07) is 6.60. The minimum absolute atomic E-state index is 0.0792. The molecule has 0 bridgehead atoms. The average Bonchev–Trinajstić information content (AvgIpc) is 3.12. The maximum Gasteiger partial charge on any atom is 0.393 e. The Morgan fingerprint density at radius 2 is 1.96 bits per heavy atom. The van der Waals surface area contributed by atoms with E-state index in [1.54, 1.807) is 25.1 Å². The lowest BCUT2D eigenvalue weighted by molar-refractivity contribution is -0.171. The molecule has 144 valence electrons. The van der Waals surface area contributed by atoms with Gasteiger partial charge >= 0.3 is 6.18 Å². The monoisotopic (exact) mass is 382 g/mol. The first-order chi connectivity index (χ1) is 12.7. The Bertz CT molecular complexity index is 810. The predicted octanol–water partition coefficient (Wildman–Crippen LogP) is 3.49. The number of rotatable bonds is 4. The van der Waals surface area contributed by atoms with Crippen LogP contribution in [0.1, 0.15) is 13.3 Å². The second kappa shape index (κ2) is 7.50. The van der Waals surface area contributed by atoms with Gasteiger partial charge in [0.05, 0.1) is 11.6 Å². The Labute approximate surface area is 153 Å². The van der Waals surface area contributed by atoms with Crippen LogP contribution < -0.4 is 5.32 Å². The molecule has 1 aromatic heterocycles.